The van der Waals surface area contributed by atoms with Crippen LogP contribution in [0.25, 0.3) is 11.0 Å². The Hall–Kier alpha value is -3.09. The summed E-state index contributed by atoms with van der Waals surface area (Å²) >= 11 is 1.16. The largest absolute Gasteiger partial charge is 0.493 e. The van der Waals surface area contributed by atoms with E-state index in [1.165, 1.54) is 32.4 Å². The highest BCUT2D eigenvalue weighted by molar-refractivity contribution is 7.99. The minimum Gasteiger partial charge on any atom is -0.493 e. The summed E-state index contributed by atoms with van der Waals surface area (Å²) in [5, 5.41) is 8.21. The average molecular weight is 450 g/mol. The summed E-state index contributed by atoms with van der Waals surface area (Å²) < 4.78 is 33.5. The molecule has 0 radical (unpaired) electrons. The topological polar surface area (TPSA) is 160 Å². The van der Waals surface area contributed by atoms with Crippen LogP contribution in [0.3, 0.4) is 0 Å². The molecule has 3 rings (SSSR count). The van der Waals surface area contributed by atoms with Crippen molar-refractivity contribution in [3.8, 4) is 11.5 Å². The molecule has 1 amide bonds. The number of nitrogens with two attached hydrogens (primary N) is 2. The van der Waals surface area contributed by atoms with Gasteiger partial charge in [-0.2, -0.15) is 0 Å². The smallest absolute Gasteiger partial charge is 0.238 e. The van der Waals surface area contributed by atoms with Crippen molar-refractivity contribution in [3.63, 3.8) is 0 Å². The number of nitrogens with zero attached hydrogens (tertiary/aromatic N) is 2. The van der Waals surface area contributed by atoms with E-state index in [0.717, 1.165) is 11.8 Å². The summed E-state index contributed by atoms with van der Waals surface area (Å²) in [6.07, 6.45) is 1.54. The second-order valence-electron chi connectivity index (χ2n) is 6.04. The number of thioether (sulfide) groups is 1. The molecule has 0 atom stereocenters. The number of anilines is 2. The Morgan fingerprint density at radius 1 is 1.13 bits per heavy atom. The van der Waals surface area contributed by atoms with Gasteiger partial charge in [-0.3, -0.25) is 9.78 Å². The number of methoxy groups -OCH3 is 2. The number of nitrogen functional groups attached to an aromatic ring is 1. The van der Waals surface area contributed by atoms with Gasteiger partial charge in [0.15, 0.2) is 11.5 Å². The van der Waals surface area contributed by atoms with Crippen molar-refractivity contribution in [2.45, 2.75) is 9.92 Å². The highest BCUT2D eigenvalue weighted by atomic mass is 32.2. The first kappa shape index (κ1) is 21.6. The number of ether oxygens (including phenoxy) is 2. The van der Waals surface area contributed by atoms with Crippen LogP contribution < -0.4 is 25.7 Å². The molecule has 10 nitrogen and oxygen atoms in total. The van der Waals surface area contributed by atoms with Gasteiger partial charge in [-0.05, 0) is 18.2 Å². The van der Waals surface area contributed by atoms with Gasteiger partial charge in [0.2, 0.25) is 15.9 Å². The maximum Gasteiger partial charge on any atom is 0.238 e. The normalized spacial score (nSPS) is 11.3. The van der Waals surface area contributed by atoms with E-state index >= 15 is 0 Å². The number of fused-ring (bicyclic) bond motifs is 1. The van der Waals surface area contributed by atoms with Crippen molar-refractivity contribution in [2.75, 3.05) is 31.0 Å². The molecule has 0 fully saturated rings. The highest BCUT2D eigenvalue weighted by Crippen LogP contribution is 2.31. The minimum atomic E-state index is -3.91. The molecule has 1 heterocycles. The van der Waals surface area contributed by atoms with Crippen molar-refractivity contribution >= 4 is 50.1 Å². The highest BCUT2D eigenvalue weighted by Gasteiger charge is 2.13. The van der Waals surface area contributed by atoms with Crippen LogP contribution >= 0.6 is 11.8 Å². The number of sulfonamides is 1. The third-order valence-corrected chi connectivity index (χ3v) is 5.81. The van der Waals surface area contributed by atoms with Crippen LogP contribution in [0.15, 0.2) is 46.5 Å². The number of nitrogens with one attached hydrogen (secondary N) is 1. The molecule has 3 aromatic rings. The Bertz CT molecular complexity index is 1220. The van der Waals surface area contributed by atoms with Gasteiger partial charge < -0.3 is 20.5 Å². The Kier molecular flexibility index (Phi) is 6.29. The molecule has 0 saturated heterocycles. The molecule has 1 aromatic heterocycles. The lowest BCUT2D eigenvalue weighted by Crippen LogP contribution is -2.17. The van der Waals surface area contributed by atoms with Gasteiger partial charge in [0.05, 0.1) is 53.5 Å². The molecule has 5 N–H and O–H groups in total. The SMILES string of the molecule is COc1cc2ncc(SCC(=O)Nc3cc(S(N)(=O)=O)ccc3N)nc2cc1OC. The van der Waals surface area contributed by atoms with Crippen molar-refractivity contribution in [3.05, 3.63) is 36.5 Å². The molecule has 12 heteroatoms. The number of benzene rings is 2. The van der Waals surface area contributed by atoms with Crippen molar-refractivity contribution in [1.82, 2.24) is 9.97 Å². The van der Waals surface area contributed by atoms with Crippen LogP contribution in [0.4, 0.5) is 11.4 Å². The molecule has 0 aliphatic carbocycles. The van der Waals surface area contributed by atoms with Crippen LogP contribution in [0.5, 0.6) is 11.5 Å². The Labute approximate surface area is 177 Å². The number of primary sulfonamides is 1. The van der Waals surface area contributed by atoms with Gasteiger partial charge >= 0.3 is 0 Å². The van der Waals surface area contributed by atoms with Crippen molar-refractivity contribution in [2.24, 2.45) is 5.14 Å². The maximum absolute atomic E-state index is 12.3. The third-order valence-electron chi connectivity index (χ3n) is 4.00. The fraction of sp³-hybridized carbons (Fsp3) is 0.167. The zero-order chi connectivity index (χ0) is 21.9. The average Bonchev–Trinajstić information content (AvgIpc) is 2.71. The molecule has 30 heavy (non-hydrogen) atoms. The fourth-order valence-electron chi connectivity index (χ4n) is 2.54. The second-order valence-corrected chi connectivity index (χ2v) is 8.59. The fourth-order valence-corrected chi connectivity index (χ4v) is 3.72. The summed E-state index contributed by atoms with van der Waals surface area (Å²) in [7, 11) is -0.857. The zero-order valence-electron chi connectivity index (χ0n) is 16.1. The summed E-state index contributed by atoms with van der Waals surface area (Å²) in [4.78, 5) is 20.9. The summed E-state index contributed by atoms with van der Waals surface area (Å²) in [6.45, 7) is 0. The van der Waals surface area contributed by atoms with Crippen LogP contribution in [0.1, 0.15) is 0 Å². The molecule has 2 aromatic carbocycles. The van der Waals surface area contributed by atoms with Crippen molar-refractivity contribution in [1.29, 1.82) is 0 Å². The summed E-state index contributed by atoms with van der Waals surface area (Å²) in [5.74, 6) is 0.669. The van der Waals surface area contributed by atoms with Crippen LogP contribution in [-0.2, 0) is 14.8 Å². The van der Waals surface area contributed by atoms with E-state index in [9.17, 15) is 13.2 Å². The van der Waals surface area contributed by atoms with Gasteiger partial charge in [-0.15, -0.1) is 0 Å². The Morgan fingerprint density at radius 3 is 2.43 bits per heavy atom. The molecular formula is C18H19N5O5S2. The van der Waals surface area contributed by atoms with E-state index < -0.39 is 15.9 Å². The number of hydrogen-bond acceptors (Lipinski definition) is 9. The molecular weight excluding hydrogens is 430 g/mol. The van der Waals surface area contributed by atoms with E-state index in [1.54, 1.807) is 18.3 Å². The first-order valence-corrected chi connectivity index (χ1v) is 11.0. The first-order valence-electron chi connectivity index (χ1n) is 8.45. The van der Waals surface area contributed by atoms with Gasteiger partial charge in [-0.25, -0.2) is 18.5 Å². The number of carbonyl (C=O) groups is 1. The maximum atomic E-state index is 12.3. The summed E-state index contributed by atoms with van der Waals surface area (Å²) in [6, 6.07) is 7.25. The monoisotopic (exact) mass is 449 g/mol. The summed E-state index contributed by atoms with van der Waals surface area (Å²) in [5.41, 5.74) is 7.38. The van der Waals surface area contributed by atoms with Gasteiger partial charge in [0, 0.05) is 12.1 Å². The Morgan fingerprint density at radius 2 is 1.80 bits per heavy atom. The number of amides is 1. The molecule has 158 valence electrons. The van der Waals surface area contributed by atoms with E-state index in [4.69, 9.17) is 20.3 Å². The van der Waals surface area contributed by atoms with E-state index in [-0.39, 0.29) is 22.0 Å². The molecule has 0 aliphatic rings. The lowest BCUT2D eigenvalue weighted by molar-refractivity contribution is -0.113. The lowest BCUT2D eigenvalue weighted by atomic mass is 10.2. The zero-order valence-corrected chi connectivity index (χ0v) is 17.7. The van der Waals surface area contributed by atoms with E-state index in [1.807, 2.05) is 0 Å². The molecule has 0 saturated carbocycles. The first-order chi connectivity index (χ1) is 14.2. The van der Waals surface area contributed by atoms with Crippen LogP contribution in [-0.4, -0.2) is 44.3 Å². The number of rotatable bonds is 7. The number of aromatic nitrogens is 2. The van der Waals surface area contributed by atoms with E-state index in [2.05, 4.69) is 15.3 Å². The van der Waals surface area contributed by atoms with E-state index in [0.29, 0.717) is 27.6 Å². The van der Waals surface area contributed by atoms with Crippen LogP contribution in [0, 0.1) is 0 Å². The van der Waals surface area contributed by atoms with Crippen molar-refractivity contribution < 1.29 is 22.7 Å². The predicted octanol–water partition coefficient (Wildman–Crippen LogP) is 1.61. The van der Waals surface area contributed by atoms with Gasteiger partial charge in [-0.1, -0.05) is 11.8 Å². The number of hydrogen-bond donors (Lipinski definition) is 3. The molecule has 0 unspecified atom stereocenters. The molecule has 0 aliphatic heterocycles. The third kappa shape index (κ3) is 4.90. The standard InChI is InChI=1S/C18H19N5O5S2/c1-27-15-6-13-14(7-16(15)28-2)23-18(8-21-13)29-9-17(24)22-12-5-10(30(20,25)26)3-4-11(12)19/h3-8H,9,19H2,1-2H3,(H,22,24)(H2,20,25,26). The van der Waals surface area contributed by atoms with Gasteiger partial charge in [0.1, 0.15) is 5.03 Å². The predicted molar refractivity (Wildman–Crippen MR) is 114 cm³/mol. The molecule has 0 bridgehead atoms. The second kappa shape index (κ2) is 8.73. The Balaban J connectivity index is 1.72. The minimum absolute atomic E-state index is 0.00647. The lowest BCUT2D eigenvalue weighted by Gasteiger charge is -2.10. The number of carbonyl (C=O) groups excluding carboxylic acids is 1. The quantitative estimate of drug-likeness (QED) is 0.359. The molecule has 0 spiro atoms. The van der Waals surface area contributed by atoms with Gasteiger partial charge in [0.25, 0.3) is 0 Å². The van der Waals surface area contributed by atoms with Crippen LogP contribution in [0.2, 0.25) is 0 Å².